The molecule has 0 radical (unpaired) electrons. The van der Waals surface area contributed by atoms with Crippen LogP contribution in [0.3, 0.4) is 0 Å². The van der Waals surface area contributed by atoms with Crippen LogP contribution >= 0.6 is 23.4 Å². The number of aryl methyl sites for hydroxylation is 2. The highest BCUT2D eigenvalue weighted by Gasteiger charge is 2.36. The van der Waals surface area contributed by atoms with Gasteiger partial charge in [0, 0.05) is 0 Å². The van der Waals surface area contributed by atoms with E-state index in [4.69, 9.17) is 21.3 Å². The molecule has 0 unspecified atom stereocenters. The minimum atomic E-state index is -0.175. The zero-order valence-corrected chi connectivity index (χ0v) is 21.2. The number of benzene rings is 3. The van der Waals surface area contributed by atoms with E-state index in [0.717, 1.165) is 33.6 Å². The van der Waals surface area contributed by atoms with Gasteiger partial charge in [0.05, 0.1) is 28.4 Å². The van der Waals surface area contributed by atoms with Crippen molar-refractivity contribution in [2.75, 3.05) is 12.0 Å². The van der Waals surface area contributed by atoms with Crippen molar-refractivity contribution in [2.45, 2.75) is 27.7 Å². The topological polar surface area (TPSA) is 62.1 Å². The van der Waals surface area contributed by atoms with Crippen LogP contribution in [-0.2, 0) is 4.79 Å². The molecule has 0 spiro atoms. The summed E-state index contributed by atoms with van der Waals surface area (Å²) < 4.78 is 5.21. The number of thioether (sulfide) groups is 1. The zero-order valence-electron chi connectivity index (χ0n) is 19.6. The molecule has 7 heteroatoms. The molecule has 1 heterocycles. The Bertz CT molecular complexity index is 1360. The summed E-state index contributed by atoms with van der Waals surface area (Å²) in [6, 6.07) is 15.1. The highest BCUT2D eigenvalue weighted by atomic mass is 35.5. The summed E-state index contributed by atoms with van der Waals surface area (Å²) in [4.78, 5) is 20.7. The second kappa shape index (κ2) is 9.57. The Kier molecular flexibility index (Phi) is 6.73. The standard InChI is InChI=1S/C27H25ClN2O3S/c1-15-8-6-10-21(17(15)3)29-27-30(22-11-7-9-16(2)18(22)4)26(32)24(34-27)14-19-12-20(28)25(31)23(13-19)33-5/h6-14,31H,1-5H3. The summed E-state index contributed by atoms with van der Waals surface area (Å²) in [7, 11) is 1.45. The second-order valence-corrected chi connectivity index (χ2v) is 9.55. The van der Waals surface area contributed by atoms with Crippen LogP contribution in [0.25, 0.3) is 6.08 Å². The molecule has 1 saturated heterocycles. The average molecular weight is 493 g/mol. The van der Waals surface area contributed by atoms with E-state index in [1.807, 2.05) is 64.1 Å². The molecule has 3 aromatic rings. The predicted octanol–water partition coefficient (Wildman–Crippen LogP) is 7.10. The van der Waals surface area contributed by atoms with Crippen LogP contribution in [0.4, 0.5) is 11.4 Å². The Balaban J connectivity index is 1.86. The molecular weight excluding hydrogens is 468 g/mol. The first-order chi connectivity index (χ1) is 16.2. The average Bonchev–Trinajstić information content (AvgIpc) is 3.10. The van der Waals surface area contributed by atoms with Crippen LogP contribution < -0.4 is 9.64 Å². The van der Waals surface area contributed by atoms with E-state index in [1.54, 1.807) is 23.1 Å². The number of amides is 1. The second-order valence-electron chi connectivity index (χ2n) is 8.14. The number of rotatable bonds is 4. The minimum Gasteiger partial charge on any atom is -0.503 e. The van der Waals surface area contributed by atoms with Gasteiger partial charge in [-0.2, -0.15) is 0 Å². The molecule has 0 aliphatic carbocycles. The van der Waals surface area contributed by atoms with E-state index in [2.05, 4.69) is 0 Å². The normalized spacial score (nSPS) is 16.1. The first-order valence-electron chi connectivity index (χ1n) is 10.7. The van der Waals surface area contributed by atoms with Crippen LogP contribution in [-0.4, -0.2) is 23.3 Å². The van der Waals surface area contributed by atoms with Crippen molar-refractivity contribution in [3.8, 4) is 11.5 Å². The fourth-order valence-electron chi connectivity index (χ4n) is 3.68. The number of carbonyl (C=O) groups is 1. The molecule has 1 fully saturated rings. The predicted molar refractivity (Wildman–Crippen MR) is 142 cm³/mol. The number of hydrogen-bond acceptors (Lipinski definition) is 5. The van der Waals surface area contributed by atoms with Crippen molar-refractivity contribution in [3.63, 3.8) is 0 Å². The van der Waals surface area contributed by atoms with Gasteiger partial charge in [-0.15, -0.1) is 0 Å². The molecule has 0 bridgehead atoms. The van der Waals surface area contributed by atoms with Gasteiger partial charge in [0.25, 0.3) is 5.91 Å². The Labute approximate surface area is 208 Å². The van der Waals surface area contributed by atoms with Crippen molar-refractivity contribution >= 4 is 51.9 Å². The summed E-state index contributed by atoms with van der Waals surface area (Å²) in [6.45, 7) is 8.10. The lowest BCUT2D eigenvalue weighted by Crippen LogP contribution is -2.29. The van der Waals surface area contributed by atoms with Crippen LogP contribution in [0.5, 0.6) is 11.5 Å². The Morgan fingerprint density at radius 2 is 1.71 bits per heavy atom. The molecule has 1 N–H and O–H groups in total. The van der Waals surface area contributed by atoms with Crippen LogP contribution in [0.1, 0.15) is 27.8 Å². The molecule has 174 valence electrons. The van der Waals surface area contributed by atoms with Crippen molar-refractivity contribution in [3.05, 3.63) is 86.3 Å². The number of amidine groups is 1. The largest absolute Gasteiger partial charge is 0.503 e. The molecular formula is C27H25ClN2O3S. The van der Waals surface area contributed by atoms with Crippen LogP contribution in [0, 0.1) is 27.7 Å². The monoisotopic (exact) mass is 492 g/mol. The number of ether oxygens (including phenoxy) is 1. The van der Waals surface area contributed by atoms with Crippen molar-refractivity contribution < 1.29 is 14.6 Å². The van der Waals surface area contributed by atoms with E-state index in [-0.39, 0.29) is 22.4 Å². The molecule has 0 saturated carbocycles. The van der Waals surface area contributed by atoms with Crippen LogP contribution in [0.2, 0.25) is 5.02 Å². The maximum Gasteiger partial charge on any atom is 0.271 e. The lowest BCUT2D eigenvalue weighted by Gasteiger charge is -2.19. The van der Waals surface area contributed by atoms with Gasteiger partial charge in [0.15, 0.2) is 16.7 Å². The summed E-state index contributed by atoms with van der Waals surface area (Å²) in [5.74, 6) is -0.0673. The van der Waals surface area contributed by atoms with Crippen molar-refractivity contribution in [1.29, 1.82) is 0 Å². The highest BCUT2D eigenvalue weighted by molar-refractivity contribution is 8.19. The molecule has 5 nitrogen and oxygen atoms in total. The third-order valence-electron chi connectivity index (χ3n) is 5.98. The van der Waals surface area contributed by atoms with Gasteiger partial charge >= 0.3 is 0 Å². The zero-order chi connectivity index (χ0) is 24.6. The lowest BCUT2D eigenvalue weighted by molar-refractivity contribution is -0.113. The first-order valence-corrected chi connectivity index (χ1v) is 11.9. The van der Waals surface area contributed by atoms with Gasteiger partial charge in [-0.05, 0) is 97.6 Å². The summed E-state index contributed by atoms with van der Waals surface area (Å²) >= 11 is 7.47. The van der Waals surface area contributed by atoms with Gasteiger partial charge in [0.1, 0.15) is 0 Å². The minimum absolute atomic E-state index is 0.133. The quantitative estimate of drug-likeness (QED) is 0.394. The van der Waals surface area contributed by atoms with Gasteiger partial charge in [-0.1, -0.05) is 35.9 Å². The number of aromatic hydroxyl groups is 1. The first kappa shape index (κ1) is 23.9. The number of halogens is 1. The van der Waals surface area contributed by atoms with Gasteiger partial charge < -0.3 is 9.84 Å². The maximum atomic E-state index is 13.7. The smallest absolute Gasteiger partial charge is 0.271 e. The van der Waals surface area contributed by atoms with E-state index in [0.29, 0.717) is 15.6 Å². The number of hydrogen-bond donors (Lipinski definition) is 1. The summed E-state index contributed by atoms with van der Waals surface area (Å²) in [6.07, 6.45) is 1.74. The molecule has 1 aliphatic heterocycles. The van der Waals surface area contributed by atoms with E-state index in [9.17, 15) is 9.90 Å². The number of phenolic OH excluding ortho intramolecular Hbond substituents is 1. The third kappa shape index (κ3) is 4.43. The fraction of sp³-hybridized carbons (Fsp3) is 0.185. The molecule has 4 rings (SSSR count). The SMILES string of the molecule is COc1cc(C=C2SC(=Nc3cccc(C)c3C)N(c3cccc(C)c3C)C2=O)cc(Cl)c1O. The molecule has 3 aromatic carbocycles. The van der Waals surface area contributed by atoms with Gasteiger partial charge in [-0.3, -0.25) is 9.69 Å². The van der Waals surface area contributed by atoms with E-state index < -0.39 is 0 Å². The number of anilines is 1. The third-order valence-corrected chi connectivity index (χ3v) is 7.24. The van der Waals surface area contributed by atoms with Crippen molar-refractivity contribution in [1.82, 2.24) is 0 Å². The number of carbonyl (C=O) groups excluding carboxylic acids is 1. The number of aliphatic imine (C=N–C) groups is 1. The highest BCUT2D eigenvalue weighted by Crippen LogP contribution is 2.41. The Morgan fingerprint density at radius 3 is 2.41 bits per heavy atom. The molecule has 1 amide bonds. The molecule has 1 aliphatic rings. The Hall–Kier alpha value is -3.22. The molecule has 0 atom stereocenters. The van der Waals surface area contributed by atoms with Crippen molar-refractivity contribution in [2.24, 2.45) is 4.99 Å². The Morgan fingerprint density at radius 1 is 1.03 bits per heavy atom. The maximum absolute atomic E-state index is 13.7. The molecule has 34 heavy (non-hydrogen) atoms. The number of nitrogens with zero attached hydrogens (tertiary/aromatic N) is 2. The summed E-state index contributed by atoms with van der Waals surface area (Å²) in [5, 5.41) is 10.8. The lowest BCUT2D eigenvalue weighted by atomic mass is 10.1. The fourth-order valence-corrected chi connectivity index (χ4v) is 4.89. The van der Waals surface area contributed by atoms with Gasteiger partial charge in [0.2, 0.25) is 0 Å². The summed E-state index contributed by atoms with van der Waals surface area (Å²) in [5.41, 5.74) is 6.57. The van der Waals surface area contributed by atoms with Crippen LogP contribution in [0.15, 0.2) is 58.4 Å². The number of phenols is 1. The molecule has 0 aromatic heterocycles. The van der Waals surface area contributed by atoms with E-state index in [1.165, 1.54) is 18.9 Å². The number of methoxy groups -OCH3 is 1. The van der Waals surface area contributed by atoms with Gasteiger partial charge in [-0.25, -0.2) is 4.99 Å². The van der Waals surface area contributed by atoms with E-state index >= 15 is 0 Å².